The fourth-order valence-electron chi connectivity index (χ4n) is 1.37. The van der Waals surface area contributed by atoms with Gasteiger partial charge in [0.15, 0.2) is 11.8 Å². The molecule has 1 heterocycles. The molecule has 0 atom stereocenters. The number of nitrogens with one attached hydrogen (secondary N) is 2. The van der Waals surface area contributed by atoms with Crippen LogP contribution in [0, 0.1) is 12.8 Å². The van der Waals surface area contributed by atoms with Gasteiger partial charge in [-0.25, -0.2) is 4.99 Å². The average molecular weight is 381 g/mol. The van der Waals surface area contributed by atoms with E-state index >= 15 is 0 Å². The smallest absolute Gasteiger partial charge is 0.248 e. The van der Waals surface area contributed by atoms with Crippen molar-refractivity contribution in [3.63, 3.8) is 0 Å². The maximum Gasteiger partial charge on any atom is 0.248 e. The molecule has 0 bridgehead atoms. The van der Waals surface area contributed by atoms with E-state index in [1.807, 2.05) is 6.92 Å². The first-order valence-corrected chi connectivity index (χ1v) is 6.43. The van der Waals surface area contributed by atoms with Crippen LogP contribution in [-0.2, 0) is 6.54 Å². The lowest BCUT2D eigenvalue weighted by Gasteiger charge is -2.11. The Morgan fingerprint density at radius 3 is 2.63 bits per heavy atom. The molecule has 1 rings (SSSR count). The van der Waals surface area contributed by atoms with Gasteiger partial charge in [0.05, 0.1) is 0 Å². The van der Waals surface area contributed by atoms with E-state index in [-0.39, 0.29) is 24.0 Å². The zero-order chi connectivity index (χ0) is 13.4. The second-order valence-electron chi connectivity index (χ2n) is 4.54. The van der Waals surface area contributed by atoms with Crippen LogP contribution < -0.4 is 10.6 Å². The van der Waals surface area contributed by atoms with Crippen LogP contribution >= 0.6 is 24.0 Å². The fraction of sp³-hybridized carbons (Fsp3) is 0.750. The summed E-state index contributed by atoms with van der Waals surface area (Å²) < 4.78 is 5.01. The van der Waals surface area contributed by atoms with Crippen molar-refractivity contribution in [1.29, 1.82) is 0 Å². The van der Waals surface area contributed by atoms with E-state index in [2.05, 4.69) is 39.6 Å². The molecule has 0 spiro atoms. The molecule has 19 heavy (non-hydrogen) atoms. The lowest BCUT2D eigenvalue weighted by molar-refractivity contribution is 0.376. The van der Waals surface area contributed by atoms with E-state index in [0.717, 1.165) is 25.5 Å². The van der Waals surface area contributed by atoms with Crippen molar-refractivity contribution in [1.82, 2.24) is 20.8 Å². The highest BCUT2D eigenvalue weighted by molar-refractivity contribution is 14.0. The second kappa shape index (κ2) is 9.99. The Morgan fingerprint density at radius 1 is 1.37 bits per heavy atom. The Bertz CT molecular complexity index is 378. The van der Waals surface area contributed by atoms with Crippen LogP contribution in [0.1, 0.15) is 38.9 Å². The summed E-state index contributed by atoms with van der Waals surface area (Å²) >= 11 is 0. The fourth-order valence-corrected chi connectivity index (χ4v) is 1.37. The first kappa shape index (κ1) is 18.1. The van der Waals surface area contributed by atoms with E-state index in [4.69, 9.17) is 4.52 Å². The molecule has 0 aliphatic carbocycles. The van der Waals surface area contributed by atoms with Gasteiger partial charge in [0.2, 0.25) is 5.89 Å². The van der Waals surface area contributed by atoms with Crippen molar-refractivity contribution in [3.8, 4) is 0 Å². The standard InChI is InChI=1S/C12H23N5O.HI/c1-5-13-12(14-7-6-9(2)3)15-8-11-16-10(4)17-18-11;/h9H,5-8H2,1-4H3,(H2,13,14,15);1H. The quantitative estimate of drug-likeness (QED) is 0.449. The molecular weight excluding hydrogens is 357 g/mol. The number of aromatic nitrogens is 2. The largest absolute Gasteiger partial charge is 0.357 e. The molecule has 0 aromatic carbocycles. The number of halogens is 1. The molecule has 0 unspecified atom stereocenters. The van der Waals surface area contributed by atoms with Gasteiger partial charge < -0.3 is 15.2 Å². The predicted octanol–water partition coefficient (Wildman–Crippen LogP) is 2.10. The van der Waals surface area contributed by atoms with Gasteiger partial charge in [0.1, 0.15) is 6.54 Å². The summed E-state index contributed by atoms with van der Waals surface area (Å²) in [6.07, 6.45) is 1.12. The molecule has 2 N–H and O–H groups in total. The number of hydrogen-bond donors (Lipinski definition) is 2. The lowest BCUT2D eigenvalue weighted by Crippen LogP contribution is -2.38. The summed E-state index contributed by atoms with van der Waals surface area (Å²) in [6.45, 7) is 10.4. The van der Waals surface area contributed by atoms with Crippen LogP contribution in [-0.4, -0.2) is 29.2 Å². The van der Waals surface area contributed by atoms with Crippen LogP contribution in [0.3, 0.4) is 0 Å². The topological polar surface area (TPSA) is 75.3 Å². The van der Waals surface area contributed by atoms with Gasteiger partial charge in [0.25, 0.3) is 0 Å². The minimum absolute atomic E-state index is 0. The van der Waals surface area contributed by atoms with E-state index in [1.165, 1.54) is 0 Å². The molecule has 0 saturated heterocycles. The number of guanidine groups is 1. The highest BCUT2D eigenvalue weighted by Gasteiger charge is 2.03. The zero-order valence-corrected chi connectivity index (χ0v) is 14.4. The monoisotopic (exact) mass is 381 g/mol. The molecule has 0 aliphatic heterocycles. The Labute approximate surface area is 131 Å². The number of rotatable bonds is 6. The third kappa shape index (κ3) is 8.02. The van der Waals surface area contributed by atoms with Crippen molar-refractivity contribution in [3.05, 3.63) is 11.7 Å². The predicted molar refractivity (Wildman–Crippen MR) is 86.7 cm³/mol. The van der Waals surface area contributed by atoms with Crippen LogP contribution in [0.4, 0.5) is 0 Å². The maximum absolute atomic E-state index is 5.01. The van der Waals surface area contributed by atoms with Crippen molar-refractivity contribution < 1.29 is 4.52 Å². The summed E-state index contributed by atoms with van der Waals surface area (Å²) in [7, 11) is 0. The van der Waals surface area contributed by atoms with Gasteiger partial charge in [0, 0.05) is 13.1 Å². The van der Waals surface area contributed by atoms with E-state index in [0.29, 0.717) is 24.2 Å². The third-order valence-electron chi connectivity index (χ3n) is 2.30. The van der Waals surface area contributed by atoms with Crippen LogP contribution in [0.2, 0.25) is 0 Å². The van der Waals surface area contributed by atoms with Crippen LogP contribution in [0.25, 0.3) is 0 Å². The minimum atomic E-state index is 0. The summed E-state index contributed by atoms with van der Waals surface area (Å²) in [4.78, 5) is 8.50. The summed E-state index contributed by atoms with van der Waals surface area (Å²) in [5.41, 5.74) is 0. The van der Waals surface area contributed by atoms with Crippen molar-refractivity contribution in [2.45, 2.75) is 40.7 Å². The molecule has 1 aromatic rings. The van der Waals surface area contributed by atoms with Crippen LogP contribution in [0.15, 0.2) is 9.52 Å². The Hall–Kier alpha value is -0.860. The maximum atomic E-state index is 5.01. The van der Waals surface area contributed by atoms with Crippen molar-refractivity contribution >= 4 is 29.9 Å². The molecule has 0 fully saturated rings. The first-order valence-electron chi connectivity index (χ1n) is 6.43. The molecule has 6 nitrogen and oxygen atoms in total. The van der Waals surface area contributed by atoms with Gasteiger partial charge in [-0.2, -0.15) is 4.98 Å². The van der Waals surface area contributed by atoms with E-state index in [9.17, 15) is 0 Å². The average Bonchev–Trinajstić information content (AvgIpc) is 2.71. The van der Waals surface area contributed by atoms with E-state index in [1.54, 1.807) is 6.92 Å². The molecule has 110 valence electrons. The number of aliphatic imine (C=N–C) groups is 1. The number of nitrogens with zero attached hydrogens (tertiary/aromatic N) is 3. The molecule has 0 saturated carbocycles. The highest BCUT2D eigenvalue weighted by Crippen LogP contribution is 1.98. The normalized spacial score (nSPS) is 11.3. The summed E-state index contributed by atoms with van der Waals surface area (Å²) in [5, 5.41) is 10.2. The first-order chi connectivity index (χ1) is 8.61. The van der Waals surface area contributed by atoms with Crippen molar-refractivity contribution in [2.75, 3.05) is 13.1 Å². The van der Waals surface area contributed by atoms with Gasteiger partial charge >= 0.3 is 0 Å². The second-order valence-corrected chi connectivity index (χ2v) is 4.54. The zero-order valence-electron chi connectivity index (χ0n) is 12.1. The molecule has 0 amide bonds. The lowest BCUT2D eigenvalue weighted by atomic mass is 10.1. The van der Waals surface area contributed by atoms with Crippen LogP contribution in [0.5, 0.6) is 0 Å². The van der Waals surface area contributed by atoms with E-state index < -0.39 is 0 Å². The Kier molecular flexibility index (Phi) is 9.54. The number of hydrogen-bond acceptors (Lipinski definition) is 4. The Balaban J connectivity index is 0.00000324. The molecular formula is C12H24IN5O. The van der Waals surface area contributed by atoms with Gasteiger partial charge in [-0.05, 0) is 26.2 Å². The minimum Gasteiger partial charge on any atom is -0.357 e. The SMILES string of the molecule is CCNC(=NCc1nc(C)no1)NCCC(C)C.I. The Morgan fingerprint density at radius 2 is 2.11 bits per heavy atom. The van der Waals surface area contributed by atoms with Gasteiger partial charge in [-0.15, -0.1) is 24.0 Å². The molecule has 0 aliphatic rings. The van der Waals surface area contributed by atoms with Crippen molar-refractivity contribution in [2.24, 2.45) is 10.9 Å². The molecule has 1 aromatic heterocycles. The highest BCUT2D eigenvalue weighted by atomic mass is 127. The molecule has 7 heteroatoms. The third-order valence-corrected chi connectivity index (χ3v) is 2.30. The molecule has 0 radical (unpaired) electrons. The summed E-state index contributed by atoms with van der Waals surface area (Å²) in [5.74, 6) is 2.64. The summed E-state index contributed by atoms with van der Waals surface area (Å²) in [6, 6.07) is 0. The van der Waals surface area contributed by atoms with Gasteiger partial charge in [-0.1, -0.05) is 19.0 Å². The van der Waals surface area contributed by atoms with Gasteiger partial charge in [-0.3, -0.25) is 0 Å². The number of aryl methyl sites for hydroxylation is 1.